The molecule has 37 heavy (non-hydrogen) atoms. The number of likely N-dealkylation sites (tertiary alicyclic amines) is 2. The van der Waals surface area contributed by atoms with Crippen LogP contribution in [0.2, 0.25) is 0 Å². The molecule has 2 saturated heterocycles. The molecule has 0 saturated carbocycles. The van der Waals surface area contributed by atoms with Gasteiger partial charge in [0.05, 0.1) is 6.04 Å². The maximum atomic E-state index is 13.4. The van der Waals surface area contributed by atoms with Gasteiger partial charge in [0.2, 0.25) is 0 Å². The number of hydrogen-bond acceptors (Lipinski definition) is 4. The fraction of sp³-hybridized carbons (Fsp3) is 0.654. The zero-order chi connectivity index (χ0) is 27.8. The lowest BCUT2D eigenvalue weighted by Gasteiger charge is -2.53. The van der Waals surface area contributed by atoms with Gasteiger partial charge in [-0.2, -0.15) is 13.2 Å². The van der Waals surface area contributed by atoms with E-state index in [0.717, 1.165) is 57.4 Å². The summed E-state index contributed by atoms with van der Waals surface area (Å²) >= 11 is 0. The summed E-state index contributed by atoms with van der Waals surface area (Å²) in [5, 5.41) is 10.2. The number of carbonyl (C=O) groups is 3. The molecular formula is C26H39F3N4O4. The van der Waals surface area contributed by atoms with Gasteiger partial charge in [0.15, 0.2) is 0 Å². The van der Waals surface area contributed by atoms with Crippen molar-refractivity contribution in [2.75, 3.05) is 46.8 Å². The van der Waals surface area contributed by atoms with E-state index >= 15 is 0 Å². The highest BCUT2D eigenvalue weighted by Gasteiger charge is 2.47. The summed E-state index contributed by atoms with van der Waals surface area (Å²) in [6.07, 6.45) is -0.758. The predicted octanol–water partition coefficient (Wildman–Crippen LogP) is 3.93. The van der Waals surface area contributed by atoms with Crippen molar-refractivity contribution < 1.29 is 32.7 Å². The number of urea groups is 1. The summed E-state index contributed by atoms with van der Waals surface area (Å²) in [6, 6.07) is 9.49. The highest BCUT2D eigenvalue weighted by atomic mass is 19.4. The van der Waals surface area contributed by atoms with Gasteiger partial charge < -0.3 is 25.1 Å². The molecule has 2 heterocycles. The molecule has 0 bridgehead atoms. The van der Waals surface area contributed by atoms with Gasteiger partial charge in [-0.3, -0.25) is 4.79 Å². The van der Waals surface area contributed by atoms with Gasteiger partial charge in [0.25, 0.3) is 5.91 Å². The SMILES string of the molecule is CC(C)CN1CCC2(CCCN(C(=O)c3ccccc3)C2CNC(=O)N(C)C)CC1.O=C(O)C(F)(F)F. The van der Waals surface area contributed by atoms with Crippen LogP contribution in [-0.2, 0) is 4.79 Å². The molecule has 3 rings (SSSR count). The Balaban J connectivity index is 0.000000604. The van der Waals surface area contributed by atoms with E-state index < -0.39 is 12.1 Å². The number of nitrogens with one attached hydrogen (secondary N) is 1. The Morgan fingerprint density at radius 2 is 1.65 bits per heavy atom. The van der Waals surface area contributed by atoms with Crippen molar-refractivity contribution in [2.45, 2.75) is 51.7 Å². The van der Waals surface area contributed by atoms with Gasteiger partial charge in [-0.15, -0.1) is 0 Å². The molecule has 2 fully saturated rings. The molecule has 0 aliphatic carbocycles. The summed E-state index contributed by atoms with van der Waals surface area (Å²) in [6.45, 7) is 9.08. The maximum absolute atomic E-state index is 13.4. The van der Waals surface area contributed by atoms with Crippen LogP contribution in [0, 0.1) is 11.3 Å². The minimum Gasteiger partial charge on any atom is -0.475 e. The number of rotatable bonds is 5. The second-order valence-corrected chi connectivity index (χ2v) is 10.4. The lowest BCUT2D eigenvalue weighted by molar-refractivity contribution is -0.192. The normalized spacial score (nSPS) is 19.7. The third kappa shape index (κ3) is 8.62. The molecule has 11 heteroatoms. The summed E-state index contributed by atoms with van der Waals surface area (Å²) in [5.41, 5.74) is 0.811. The Morgan fingerprint density at radius 3 is 2.14 bits per heavy atom. The molecule has 0 radical (unpaired) electrons. The number of benzene rings is 1. The molecule has 2 aliphatic heterocycles. The van der Waals surface area contributed by atoms with Crippen molar-refractivity contribution in [1.29, 1.82) is 0 Å². The van der Waals surface area contributed by atoms with Crippen molar-refractivity contribution in [2.24, 2.45) is 11.3 Å². The first-order valence-corrected chi connectivity index (χ1v) is 12.6. The van der Waals surface area contributed by atoms with Crippen molar-refractivity contribution in [3.8, 4) is 0 Å². The number of amides is 3. The van der Waals surface area contributed by atoms with Crippen molar-refractivity contribution >= 4 is 17.9 Å². The summed E-state index contributed by atoms with van der Waals surface area (Å²) in [7, 11) is 3.51. The van der Waals surface area contributed by atoms with E-state index in [0.29, 0.717) is 12.5 Å². The largest absolute Gasteiger partial charge is 0.490 e. The van der Waals surface area contributed by atoms with Crippen LogP contribution in [0.3, 0.4) is 0 Å². The zero-order valence-corrected chi connectivity index (χ0v) is 22.1. The highest BCUT2D eigenvalue weighted by molar-refractivity contribution is 5.94. The Kier molecular flexibility index (Phi) is 10.8. The van der Waals surface area contributed by atoms with Gasteiger partial charge in [-0.05, 0) is 62.2 Å². The molecule has 2 aliphatic rings. The molecule has 0 aromatic heterocycles. The van der Waals surface area contributed by atoms with Crippen molar-refractivity contribution in [3.05, 3.63) is 35.9 Å². The molecule has 208 valence electrons. The fourth-order valence-electron chi connectivity index (χ4n) is 5.19. The van der Waals surface area contributed by atoms with Crippen LogP contribution in [0.25, 0.3) is 0 Å². The molecule has 2 N–H and O–H groups in total. The third-order valence-electron chi connectivity index (χ3n) is 7.01. The van der Waals surface area contributed by atoms with E-state index in [4.69, 9.17) is 9.90 Å². The van der Waals surface area contributed by atoms with E-state index in [1.807, 2.05) is 35.2 Å². The van der Waals surface area contributed by atoms with E-state index in [-0.39, 0.29) is 23.4 Å². The van der Waals surface area contributed by atoms with E-state index in [1.54, 1.807) is 19.0 Å². The molecule has 1 aromatic rings. The fourth-order valence-corrected chi connectivity index (χ4v) is 5.19. The number of carbonyl (C=O) groups excluding carboxylic acids is 2. The first-order valence-electron chi connectivity index (χ1n) is 12.6. The number of aliphatic carboxylic acids is 1. The monoisotopic (exact) mass is 528 g/mol. The number of nitrogens with zero attached hydrogens (tertiary/aromatic N) is 3. The van der Waals surface area contributed by atoms with Crippen LogP contribution in [0.15, 0.2) is 30.3 Å². The second-order valence-electron chi connectivity index (χ2n) is 10.4. The first kappa shape index (κ1) is 30.4. The minimum atomic E-state index is -5.08. The molecule has 3 amide bonds. The van der Waals surface area contributed by atoms with Gasteiger partial charge in [0.1, 0.15) is 0 Å². The van der Waals surface area contributed by atoms with Crippen LogP contribution in [0.4, 0.5) is 18.0 Å². The number of halogens is 3. The van der Waals surface area contributed by atoms with Gasteiger partial charge in [-0.1, -0.05) is 32.0 Å². The lowest BCUT2D eigenvalue weighted by Crippen LogP contribution is -2.62. The highest BCUT2D eigenvalue weighted by Crippen LogP contribution is 2.45. The molecule has 1 spiro atoms. The Morgan fingerprint density at radius 1 is 1.08 bits per heavy atom. The average Bonchev–Trinajstić information content (AvgIpc) is 2.84. The quantitative estimate of drug-likeness (QED) is 0.604. The van der Waals surface area contributed by atoms with Crippen molar-refractivity contribution in [3.63, 3.8) is 0 Å². The smallest absolute Gasteiger partial charge is 0.475 e. The summed E-state index contributed by atoms with van der Waals surface area (Å²) < 4.78 is 31.7. The van der Waals surface area contributed by atoms with E-state index in [2.05, 4.69) is 24.1 Å². The lowest BCUT2D eigenvalue weighted by atomic mass is 9.66. The number of alkyl halides is 3. The van der Waals surface area contributed by atoms with Crippen LogP contribution in [0.5, 0.6) is 0 Å². The Bertz CT molecular complexity index is 901. The second kappa shape index (κ2) is 13.1. The van der Waals surface area contributed by atoms with Gasteiger partial charge in [-0.25, -0.2) is 9.59 Å². The van der Waals surface area contributed by atoms with Crippen molar-refractivity contribution in [1.82, 2.24) is 20.0 Å². The number of carboxylic acids is 1. The predicted molar refractivity (Wildman–Crippen MR) is 134 cm³/mol. The Hall–Kier alpha value is -2.82. The Labute approximate surface area is 216 Å². The topological polar surface area (TPSA) is 93.2 Å². The van der Waals surface area contributed by atoms with Crippen LogP contribution >= 0.6 is 0 Å². The van der Waals surface area contributed by atoms with Crippen LogP contribution < -0.4 is 5.32 Å². The number of carboxylic acid groups (broad SMARTS) is 1. The van der Waals surface area contributed by atoms with Gasteiger partial charge >= 0.3 is 18.2 Å². The average molecular weight is 529 g/mol. The minimum absolute atomic E-state index is 0.0315. The molecular weight excluding hydrogens is 489 g/mol. The van der Waals surface area contributed by atoms with E-state index in [1.165, 1.54) is 0 Å². The summed E-state index contributed by atoms with van der Waals surface area (Å²) in [5.74, 6) is -2.01. The third-order valence-corrected chi connectivity index (χ3v) is 7.01. The molecule has 1 atom stereocenters. The van der Waals surface area contributed by atoms with Gasteiger partial charge in [0, 0.05) is 39.3 Å². The standard InChI is InChI=1S/C24H38N4O2.C2HF3O2/c1-19(2)18-27-15-12-24(13-16-27)11-8-14-28(21(24)17-25-23(30)26(3)4)22(29)20-9-6-5-7-10-20;3-2(4,5)1(6)7/h5-7,9-10,19,21H,8,11-18H2,1-4H3,(H,25,30);(H,6,7). The molecule has 1 unspecified atom stereocenters. The summed E-state index contributed by atoms with van der Waals surface area (Å²) in [4.78, 5) is 40.8. The van der Waals surface area contributed by atoms with Crippen LogP contribution in [-0.4, -0.2) is 96.8 Å². The molecule has 8 nitrogen and oxygen atoms in total. The first-order chi connectivity index (χ1) is 17.3. The number of piperidine rings is 2. The van der Waals surface area contributed by atoms with Crippen LogP contribution in [0.1, 0.15) is 49.9 Å². The number of hydrogen-bond donors (Lipinski definition) is 2. The zero-order valence-electron chi connectivity index (χ0n) is 22.1. The molecule has 1 aromatic carbocycles. The maximum Gasteiger partial charge on any atom is 0.490 e. The van der Waals surface area contributed by atoms with E-state index in [9.17, 15) is 22.8 Å².